The summed E-state index contributed by atoms with van der Waals surface area (Å²) in [6.07, 6.45) is 2.46. The van der Waals surface area contributed by atoms with Crippen molar-refractivity contribution in [2.24, 2.45) is 12.1 Å². The molecule has 0 amide bonds. The smallest absolute Gasteiger partial charge is 0.350 e. The number of fused-ring (bicyclic) bond motifs is 1. The summed E-state index contributed by atoms with van der Waals surface area (Å²) in [6, 6.07) is 8.21. The Kier molecular flexibility index (Phi) is 4.85. The van der Waals surface area contributed by atoms with Gasteiger partial charge in [0.2, 0.25) is 5.13 Å². The molecule has 0 atom stereocenters. The van der Waals surface area contributed by atoms with E-state index in [4.69, 9.17) is 4.74 Å². The van der Waals surface area contributed by atoms with Gasteiger partial charge in [0, 0.05) is 29.2 Å². The maximum atomic E-state index is 11.8. The number of aromatic nitrogens is 2. The van der Waals surface area contributed by atoms with E-state index in [0.29, 0.717) is 16.4 Å². The third-order valence-electron chi connectivity index (χ3n) is 4.21. The van der Waals surface area contributed by atoms with Crippen LogP contribution in [0.5, 0.6) is 0 Å². The molecule has 2 aromatic heterocycles. The van der Waals surface area contributed by atoms with Crippen LogP contribution >= 0.6 is 11.3 Å². The molecule has 130 valence electrons. The number of para-hydroxylation sites is 1. The van der Waals surface area contributed by atoms with Gasteiger partial charge in [0.15, 0.2) is 0 Å². The predicted molar refractivity (Wildman–Crippen MR) is 102 cm³/mol. The minimum atomic E-state index is -0.365. The average molecular weight is 356 g/mol. The van der Waals surface area contributed by atoms with Crippen LogP contribution in [0, 0.1) is 6.92 Å². The fourth-order valence-electron chi connectivity index (χ4n) is 2.76. The maximum absolute atomic E-state index is 11.8. The van der Waals surface area contributed by atoms with Gasteiger partial charge in [0.1, 0.15) is 4.88 Å². The number of aryl methyl sites for hydroxylation is 2. The second-order valence-corrected chi connectivity index (χ2v) is 6.58. The molecule has 3 rings (SSSR count). The van der Waals surface area contributed by atoms with E-state index >= 15 is 0 Å². The van der Waals surface area contributed by atoms with Crippen molar-refractivity contribution in [2.75, 3.05) is 12.5 Å². The predicted octanol–water partition coefficient (Wildman–Crippen LogP) is 3.74. The highest BCUT2D eigenvalue weighted by atomic mass is 32.1. The largest absolute Gasteiger partial charge is 0.465 e. The number of carbonyl (C=O) groups is 1. The van der Waals surface area contributed by atoms with Crippen LogP contribution in [0.1, 0.15) is 33.5 Å². The molecule has 0 bridgehead atoms. The summed E-state index contributed by atoms with van der Waals surface area (Å²) in [4.78, 5) is 16.7. The Morgan fingerprint density at radius 3 is 2.92 bits per heavy atom. The standard InChI is InChI=1S/C18H20N4O2S/c1-5-14-16(17(23)24-4)25-18(20-14)21-19-10-13-11(2)22(3)15-9-7-6-8-12(13)15/h6-10H,5H2,1-4H3,(H,20,21)/b19-10-. The lowest BCUT2D eigenvalue weighted by atomic mass is 10.1. The first-order chi connectivity index (χ1) is 12.1. The van der Waals surface area contributed by atoms with Gasteiger partial charge in [-0.1, -0.05) is 36.5 Å². The molecule has 0 radical (unpaired) electrons. The Labute approximate surface area is 150 Å². The topological polar surface area (TPSA) is 68.5 Å². The lowest BCUT2D eigenvalue weighted by molar-refractivity contribution is 0.0605. The van der Waals surface area contributed by atoms with Crippen LogP contribution in [0.15, 0.2) is 29.4 Å². The van der Waals surface area contributed by atoms with Gasteiger partial charge in [-0.3, -0.25) is 5.43 Å². The minimum Gasteiger partial charge on any atom is -0.465 e. The number of hydrogen-bond acceptors (Lipinski definition) is 6. The first-order valence-corrected chi connectivity index (χ1v) is 8.79. The van der Waals surface area contributed by atoms with Gasteiger partial charge in [-0.25, -0.2) is 9.78 Å². The normalized spacial score (nSPS) is 11.4. The molecule has 0 fully saturated rings. The zero-order valence-electron chi connectivity index (χ0n) is 14.7. The number of ether oxygens (including phenoxy) is 1. The summed E-state index contributed by atoms with van der Waals surface area (Å²) in [6.45, 7) is 4.02. The molecule has 1 N–H and O–H groups in total. The molecule has 0 aliphatic heterocycles. The second kappa shape index (κ2) is 7.06. The molecule has 7 heteroatoms. The third kappa shape index (κ3) is 3.15. The summed E-state index contributed by atoms with van der Waals surface area (Å²) in [5, 5.41) is 6.04. The first-order valence-electron chi connectivity index (χ1n) is 7.97. The van der Waals surface area contributed by atoms with Crippen LogP contribution in [-0.2, 0) is 18.2 Å². The van der Waals surface area contributed by atoms with Crippen molar-refractivity contribution in [2.45, 2.75) is 20.3 Å². The molecule has 0 aliphatic carbocycles. The number of methoxy groups -OCH3 is 1. The molecule has 2 heterocycles. The Bertz CT molecular complexity index is 956. The van der Waals surface area contributed by atoms with Crippen LogP contribution in [0.2, 0.25) is 0 Å². The van der Waals surface area contributed by atoms with E-state index in [1.165, 1.54) is 18.4 Å². The van der Waals surface area contributed by atoms with E-state index < -0.39 is 0 Å². The average Bonchev–Trinajstić information content (AvgIpc) is 3.16. The molecule has 0 aliphatic rings. The SMILES string of the molecule is CCc1nc(N/N=C\c2c(C)n(C)c3ccccc23)sc1C(=O)OC. The zero-order chi connectivity index (χ0) is 18.0. The number of esters is 1. The summed E-state index contributed by atoms with van der Waals surface area (Å²) in [7, 11) is 3.41. The molecule has 0 saturated carbocycles. The second-order valence-electron chi connectivity index (χ2n) is 5.59. The fourth-order valence-corrected chi connectivity index (χ4v) is 3.68. The molecule has 6 nitrogen and oxygen atoms in total. The summed E-state index contributed by atoms with van der Waals surface area (Å²) in [5.41, 5.74) is 7.01. The Morgan fingerprint density at radius 2 is 2.20 bits per heavy atom. The zero-order valence-corrected chi connectivity index (χ0v) is 15.5. The van der Waals surface area contributed by atoms with E-state index in [2.05, 4.69) is 39.1 Å². The van der Waals surface area contributed by atoms with E-state index in [1.807, 2.05) is 26.1 Å². The fraction of sp³-hybridized carbons (Fsp3) is 0.278. The lowest BCUT2D eigenvalue weighted by Gasteiger charge is -1.97. The molecule has 0 saturated heterocycles. The Balaban J connectivity index is 1.86. The molecule has 1 aromatic carbocycles. The highest BCUT2D eigenvalue weighted by molar-refractivity contribution is 7.17. The van der Waals surface area contributed by atoms with Crippen molar-refractivity contribution in [3.63, 3.8) is 0 Å². The van der Waals surface area contributed by atoms with Crippen LogP contribution in [0.4, 0.5) is 5.13 Å². The Hall–Kier alpha value is -2.67. The molecule has 0 spiro atoms. The van der Waals surface area contributed by atoms with Crippen LogP contribution in [-0.4, -0.2) is 28.8 Å². The highest BCUT2D eigenvalue weighted by Crippen LogP contribution is 2.25. The van der Waals surface area contributed by atoms with Crippen molar-refractivity contribution in [1.82, 2.24) is 9.55 Å². The monoisotopic (exact) mass is 356 g/mol. The van der Waals surface area contributed by atoms with Gasteiger partial charge < -0.3 is 9.30 Å². The lowest BCUT2D eigenvalue weighted by Crippen LogP contribution is -2.01. The summed E-state index contributed by atoms with van der Waals surface area (Å²) in [5.74, 6) is -0.365. The van der Waals surface area contributed by atoms with Gasteiger partial charge in [-0.2, -0.15) is 5.10 Å². The van der Waals surface area contributed by atoms with E-state index in [0.717, 1.165) is 27.9 Å². The molecule has 0 unspecified atom stereocenters. The number of nitrogens with zero attached hydrogens (tertiary/aromatic N) is 3. The van der Waals surface area contributed by atoms with Crippen molar-refractivity contribution in [1.29, 1.82) is 0 Å². The number of anilines is 1. The maximum Gasteiger partial charge on any atom is 0.350 e. The number of benzene rings is 1. The van der Waals surface area contributed by atoms with Gasteiger partial charge in [-0.15, -0.1) is 0 Å². The van der Waals surface area contributed by atoms with Crippen molar-refractivity contribution >= 4 is 39.6 Å². The highest BCUT2D eigenvalue weighted by Gasteiger charge is 2.17. The number of carbonyl (C=O) groups excluding carboxylic acids is 1. The number of rotatable bonds is 5. The van der Waals surface area contributed by atoms with E-state index in [1.54, 1.807) is 6.21 Å². The van der Waals surface area contributed by atoms with Crippen LogP contribution < -0.4 is 5.43 Å². The van der Waals surface area contributed by atoms with Crippen molar-refractivity contribution in [3.8, 4) is 0 Å². The van der Waals surface area contributed by atoms with E-state index in [9.17, 15) is 4.79 Å². The third-order valence-corrected chi connectivity index (χ3v) is 5.19. The first kappa shape index (κ1) is 17.2. The molecule has 25 heavy (non-hydrogen) atoms. The van der Waals surface area contributed by atoms with Crippen LogP contribution in [0.25, 0.3) is 10.9 Å². The van der Waals surface area contributed by atoms with Crippen molar-refractivity contribution in [3.05, 3.63) is 46.1 Å². The van der Waals surface area contributed by atoms with Gasteiger partial charge >= 0.3 is 5.97 Å². The van der Waals surface area contributed by atoms with E-state index in [-0.39, 0.29) is 5.97 Å². The Morgan fingerprint density at radius 1 is 1.44 bits per heavy atom. The van der Waals surface area contributed by atoms with Gasteiger partial charge in [0.05, 0.1) is 19.0 Å². The number of hydrogen-bond donors (Lipinski definition) is 1. The number of hydrazone groups is 1. The summed E-state index contributed by atoms with van der Waals surface area (Å²) >= 11 is 1.25. The summed E-state index contributed by atoms with van der Waals surface area (Å²) < 4.78 is 6.94. The molecular weight excluding hydrogens is 336 g/mol. The van der Waals surface area contributed by atoms with Crippen molar-refractivity contribution < 1.29 is 9.53 Å². The van der Waals surface area contributed by atoms with Crippen LogP contribution in [0.3, 0.4) is 0 Å². The van der Waals surface area contributed by atoms with Gasteiger partial charge in [0.25, 0.3) is 0 Å². The number of thiazole rings is 1. The molecule has 3 aromatic rings. The van der Waals surface area contributed by atoms with Gasteiger partial charge in [-0.05, 0) is 19.4 Å². The quantitative estimate of drug-likeness (QED) is 0.430. The molecular formula is C18H20N4O2S. The minimum absolute atomic E-state index is 0.365. The number of nitrogens with one attached hydrogen (secondary N) is 1.